The second-order valence-electron chi connectivity index (χ2n) is 7.59. The Hall–Kier alpha value is -3.44. The van der Waals surface area contributed by atoms with Gasteiger partial charge in [0.2, 0.25) is 11.8 Å². The Morgan fingerprint density at radius 3 is 2.53 bits per heavy atom. The summed E-state index contributed by atoms with van der Waals surface area (Å²) in [5.74, 6) is -2.39. The van der Waals surface area contributed by atoms with Crippen LogP contribution in [-0.4, -0.2) is 59.4 Å². The summed E-state index contributed by atoms with van der Waals surface area (Å²) in [7, 11) is 0. The van der Waals surface area contributed by atoms with E-state index >= 15 is 0 Å². The van der Waals surface area contributed by atoms with E-state index in [9.17, 15) is 37.1 Å². The van der Waals surface area contributed by atoms with E-state index in [1.807, 2.05) is 0 Å². The van der Waals surface area contributed by atoms with E-state index in [0.717, 1.165) is 11.8 Å². The molecule has 1 aromatic carbocycles. The molecule has 2 aliphatic rings. The Bertz CT molecular complexity index is 978. The second kappa shape index (κ2) is 8.97. The number of benzene rings is 1. The Kier molecular flexibility index (Phi) is 6.51. The molecular formula is C20H21F3N4O5. The Labute approximate surface area is 180 Å². The van der Waals surface area contributed by atoms with Gasteiger partial charge >= 0.3 is 12.2 Å². The van der Waals surface area contributed by atoms with Crippen molar-refractivity contribution in [2.75, 3.05) is 6.54 Å². The molecule has 1 aromatic rings. The van der Waals surface area contributed by atoms with E-state index in [0.29, 0.717) is 18.4 Å². The number of fused-ring (bicyclic) bond motifs is 1. The van der Waals surface area contributed by atoms with Crippen LogP contribution in [0.2, 0.25) is 0 Å². The van der Waals surface area contributed by atoms with Gasteiger partial charge in [-0.1, -0.05) is 6.07 Å². The maximum atomic E-state index is 12.8. The summed E-state index contributed by atoms with van der Waals surface area (Å²) < 4.78 is 37.3. The van der Waals surface area contributed by atoms with Crippen LogP contribution in [0.15, 0.2) is 18.2 Å². The van der Waals surface area contributed by atoms with Crippen molar-refractivity contribution < 1.29 is 37.1 Å². The summed E-state index contributed by atoms with van der Waals surface area (Å²) in [4.78, 5) is 61.2. The summed E-state index contributed by atoms with van der Waals surface area (Å²) >= 11 is 0. The van der Waals surface area contributed by atoms with Crippen molar-refractivity contribution in [3.8, 4) is 0 Å². The van der Waals surface area contributed by atoms with Gasteiger partial charge in [0, 0.05) is 13.0 Å². The number of imide groups is 2. The van der Waals surface area contributed by atoms with Gasteiger partial charge in [-0.05, 0) is 43.9 Å². The number of aryl methyl sites for hydroxylation is 1. The van der Waals surface area contributed by atoms with Crippen molar-refractivity contribution >= 4 is 29.7 Å². The topological polar surface area (TPSA) is 125 Å². The molecule has 172 valence electrons. The van der Waals surface area contributed by atoms with Gasteiger partial charge < -0.3 is 10.6 Å². The van der Waals surface area contributed by atoms with E-state index in [4.69, 9.17) is 0 Å². The summed E-state index contributed by atoms with van der Waals surface area (Å²) in [6.07, 6.45) is -3.68. The number of carbonyl (C=O) groups excluding carboxylic acids is 5. The van der Waals surface area contributed by atoms with Crippen LogP contribution in [0.5, 0.6) is 0 Å². The third-order valence-corrected chi connectivity index (χ3v) is 5.27. The molecule has 2 atom stereocenters. The average Bonchev–Trinajstić information content (AvgIpc) is 2.95. The van der Waals surface area contributed by atoms with Crippen molar-refractivity contribution in [2.24, 2.45) is 0 Å². The van der Waals surface area contributed by atoms with Gasteiger partial charge in [0.15, 0.2) is 0 Å². The number of alkyl halides is 3. The molecule has 0 aliphatic carbocycles. The summed E-state index contributed by atoms with van der Waals surface area (Å²) in [5.41, 5.74) is 0.977. The third kappa shape index (κ3) is 4.89. The number of nitrogens with zero attached hydrogens (tertiary/aromatic N) is 1. The number of amides is 6. The number of carbonyl (C=O) groups is 5. The number of halogens is 3. The number of hydrogen-bond acceptors (Lipinski definition) is 5. The Morgan fingerprint density at radius 2 is 1.88 bits per heavy atom. The lowest BCUT2D eigenvalue weighted by atomic mass is 10.0. The molecule has 1 fully saturated rings. The molecule has 9 nitrogen and oxygen atoms in total. The van der Waals surface area contributed by atoms with Crippen molar-refractivity contribution in [1.82, 2.24) is 20.9 Å². The van der Waals surface area contributed by atoms with E-state index < -0.39 is 47.9 Å². The van der Waals surface area contributed by atoms with Gasteiger partial charge in [0.05, 0.1) is 11.1 Å². The first-order valence-electron chi connectivity index (χ1n) is 9.94. The van der Waals surface area contributed by atoms with Crippen LogP contribution in [0.4, 0.5) is 18.0 Å². The Morgan fingerprint density at radius 1 is 1.19 bits per heavy atom. The highest BCUT2D eigenvalue weighted by atomic mass is 19.4. The number of nitrogens with one attached hydrogen (secondary N) is 3. The summed E-state index contributed by atoms with van der Waals surface area (Å²) in [6, 6.07) is 0.656. The van der Waals surface area contributed by atoms with Gasteiger partial charge in [-0.3, -0.25) is 29.4 Å². The minimum atomic E-state index is -4.53. The molecule has 32 heavy (non-hydrogen) atoms. The highest BCUT2D eigenvalue weighted by Gasteiger charge is 2.44. The number of urea groups is 1. The smallest absolute Gasteiger partial charge is 0.338 e. The number of piperidine rings is 1. The zero-order valence-corrected chi connectivity index (χ0v) is 17.0. The zero-order valence-electron chi connectivity index (χ0n) is 17.0. The van der Waals surface area contributed by atoms with E-state index in [1.165, 1.54) is 12.1 Å². The first kappa shape index (κ1) is 23.2. The average molecular weight is 454 g/mol. The van der Waals surface area contributed by atoms with Gasteiger partial charge in [-0.2, -0.15) is 13.2 Å². The normalized spacial score (nSPS) is 19.5. The van der Waals surface area contributed by atoms with Gasteiger partial charge in [0.25, 0.3) is 11.8 Å². The van der Waals surface area contributed by atoms with E-state index in [2.05, 4.69) is 10.6 Å². The van der Waals surface area contributed by atoms with Crippen LogP contribution in [0, 0.1) is 0 Å². The minimum Gasteiger partial charge on any atom is -0.338 e. The zero-order chi connectivity index (χ0) is 23.6. The maximum Gasteiger partial charge on any atom is 0.408 e. The predicted octanol–water partition coefficient (Wildman–Crippen LogP) is 1.27. The standard InChI is InChI=1S/C20H21F3N4O5/c1-10(20(21,22)23)25-19(32)24-8-2-3-11-4-5-12-13(9-11)18(31)27(17(12)30)14-6-7-15(28)26-16(14)29/h4-5,9-10,14H,2-3,6-8H2,1H3,(H2,24,25,32)(H,26,28,29)/t10-,14?/m0/s1. The molecule has 1 unspecified atom stereocenters. The highest BCUT2D eigenvalue weighted by Crippen LogP contribution is 2.28. The molecule has 0 bridgehead atoms. The summed E-state index contributed by atoms with van der Waals surface area (Å²) in [5, 5.41) is 6.24. The SMILES string of the molecule is C[C@H](NC(=O)NCCCc1ccc2c(c1)C(=O)N(C1CCC(=O)NC1=O)C2=O)C(F)(F)F. The molecule has 0 saturated carbocycles. The van der Waals surface area contributed by atoms with Crippen molar-refractivity contribution in [1.29, 1.82) is 0 Å². The molecule has 6 amide bonds. The van der Waals surface area contributed by atoms with Crippen molar-refractivity contribution in [3.63, 3.8) is 0 Å². The largest absolute Gasteiger partial charge is 0.408 e. The van der Waals surface area contributed by atoms with Crippen molar-refractivity contribution in [3.05, 3.63) is 34.9 Å². The highest BCUT2D eigenvalue weighted by molar-refractivity contribution is 6.23. The van der Waals surface area contributed by atoms with Gasteiger partial charge in [-0.15, -0.1) is 0 Å². The lowest BCUT2D eigenvalue weighted by Gasteiger charge is -2.27. The molecule has 1 saturated heterocycles. The van der Waals surface area contributed by atoms with Crippen LogP contribution in [0.3, 0.4) is 0 Å². The van der Waals surface area contributed by atoms with Crippen LogP contribution < -0.4 is 16.0 Å². The van der Waals surface area contributed by atoms with E-state index in [1.54, 1.807) is 11.4 Å². The molecule has 12 heteroatoms. The number of hydrogen-bond donors (Lipinski definition) is 3. The first-order valence-corrected chi connectivity index (χ1v) is 9.94. The van der Waals surface area contributed by atoms with E-state index in [-0.39, 0.29) is 30.5 Å². The van der Waals surface area contributed by atoms with Crippen LogP contribution >= 0.6 is 0 Å². The molecule has 0 spiro atoms. The van der Waals surface area contributed by atoms with Gasteiger partial charge in [0.1, 0.15) is 12.1 Å². The quantitative estimate of drug-likeness (QED) is 0.441. The van der Waals surface area contributed by atoms with Gasteiger partial charge in [-0.25, -0.2) is 4.79 Å². The fourth-order valence-corrected chi connectivity index (χ4v) is 3.50. The van der Waals surface area contributed by atoms with Crippen LogP contribution in [0.1, 0.15) is 52.5 Å². The van der Waals surface area contributed by atoms with Crippen LogP contribution in [-0.2, 0) is 16.0 Å². The monoisotopic (exact) mass is 454 g/mol. The lowest BCUT2D eigenvalue weighted by molar-refractivity contribution is -0.148. The maximum absolute atomic E-state index is 12.8. The minimum absolute atomic E-state index is 0.0252. The molecule has 3 N–H and O–H groups in total. The summed E-state index contributed by atoms with van der Waals surface area (Å²) in [6.45, 7) is 0.934. The molecule has 0 radical (unpaired) electrons. The fourth-order valence-electron chi connectivity index (χ4n) is 3.50. The molecule has 0 aromatic heterocycles. The fraction of sp³-hybridized carbons (Fsp3) is 0.450. The molecule has 2 aliphatic heterocycles. The first-order chi connectivity index (χ1) is 15.0. The molecule has 2 heterocycles. The molecule has 3 rings (SSSR count). The van der Waals surface area contributed by atoms with Crippen molar-refractivity contribution in [2.45, 2.75) is 50.9 Å². The predicted molar refractivity (Wildman–Crippen MR) is 103 cm³/mol. The molecular weight excluding hydrogens is 433 g/mol. The third-order valence-electron chi connectivity index (χ3n) is 5.27. The lowest BCUT2D eigenvalue weighted by Crippen LogP contribution is -2.54. The number of rotatable bonds is 6. The Balaban J connectivity index is 1.56. The second-order valence-corrected chi connectivity index (χ2v) is 7.59. The van der Waals surface area contributed by atoms with Crippen LogP contribution in [0.25, 0.3) is 0 Å².